The van der Waals surface area contributed by atoms with Crippen LogP contribution in [0, 0.1) is 6.92 Å². The number of aryl methyl sites for hydroxylation is 1. The molecule has 3 N–H and O–H groups in total. The second-order valence-electron chi connectivity index (χ2n) is 4.09. The molecule has 0 aliphatic heterocycles. The van der Waals surface area contributed by atoms with Gasteiger partial charge < -0.3 is 15.6 Å². The van der Waals surface area contributed by atoms with Gasteiger partial charge in [0.1, 0.15) is 5.75 Å². The van der Waals surface area contributed by atoms with Gasteiger partial charge in [-0.05, 0) is 36.8 Å². The number of pyridine rings is 1. The average molecular weight is 258 g/mol. The summed E-state index contributed by atoms with van der Waals surface area (Å²) < 4.78 is 5.56. The van der Waals surface area contributed by atoms with Gasteiger partial charge in [0.2, 0.25) is 5.88 Å². The number of aromatic carboxylic acids is 1. The molecular formula is C14H14N2O3. The number of ether oxygens (including phenoxy) is 1. The summed E-state index contributed by atoms with van der Waals surface area (Å²) in [5, 5.41) is 8.91. The van der Waals surface area contributed by atoms with Gasteiger partial charge in [0.05, 0.1) is 5.56 Å². The number of hydrogen-bond donors (Lipinski definition) is 2. The number of nitrogens with zero attached hydrogens (tertiary/aromatic N) is 1. The first kappa shape index (κ1) is 13.0. The fourth-order valence-corrected chi connectivity index (χ4v) is 1.69. The molecule has 0 atom stereocenters. The summed E-state index contributed by atoms with van der Waals surface area (Å²) in [4.78, 5) is 15.1. The number of nitrogens with two attached hydrogens (primary N) is 1. The van der Waals surface area contributed by atoms with Crippen molar-refractivity contribution in [3.05, 3.63) is 53.2 Å². The van der Waals surface area contributed by atoms with Gasteiger partial charge in [0.15, 0.2) is 0 Å². The summed E-state index contributed by atoms with van der Waals surface area (Å²) in [6.45, 7) is 2.24. The Kier molecular flexibility index (Phi) is 3.77. The number of hydrogen-bond acceptors (Lipinski definition) is 4. The third kappa shape index (κ3) is 3.29. The largest absolute Gasteiger partial charge is 0.478 e. The minimum absolute atomic E-state index is 0.171. The smallest absolute Gasteiger partial charge is 0.335 e. The molecule has 1 aromatic carbocycles. The molecule has 0 radical (unpaired) electrons. The third-order valence-corrected chi connectivity index (χ3v) is 2.53. The molecule has 0 aliphatic rings. The zero-order chi connectivity index (χ0) is 13.8. The zero-order valence-corrected chi connectivity index (χ0v) is 10.5. The third-order valence-electron chi connectivity index (χ3n) is 2.53. The van der Waals surface area contributed by atoms with E-state index in [2.05, 4.69) is 4.98 Å². The van der Waals surface area contributed by atoms with Crippen molar-refractivity contribution in [2.75, 3.05) is 0 Å². The van der Waals surface area contributed by atoms with E-state index in [0.29, 0.717) is 18.2 Å². The Bertz CT molecular complexity index is 611. The second kappa shape index (κ2) is 5.49. The fourth-order valence-electron chi connectivity index (χ4n) is 1.69. The zero-order valence-electron chi connectivity index (χ0n) is 10.5. The molecule has 0 bridgehead atoms. The van der Waals surface area contributed by atoms with E-state index in [-0.39, 0.29) is 5.56 Å². The number of benzene rings is 1. The van der Waals surface area contributed by atoms with Crippen molar-refractivity contribution < 1.29 is 14.6 Å². The Hall–Kier alpha value is -2.40. The summed E-state index contributed by atoms with van der Waals surface area (Å²) in [5.41, 5.74) is 7.47. The van der Waals surface area contributed by atoms with Crippen molar-refractivity contribution in [2.24, 2.45) is 5.73 Å². The van der Waals surface area contributed by atoms with Crippen LogP contribution in [0.1, 0.15) is 21.6 Å². The minimum Gasteiger partial charge on any atom is -0.478 e. The van der Waals surface area contributed by atoms with E-state index in [4.69, 9.17) is 15.6 Å². The maximum Gasteiger partial charge on any atom is 0.335 e. The van der Waals surface area contributed by atoms with Crippen molar-refractivity contribution in [3.8, 4) is 11.6 Å². The molecule has 1 heterocycles. The highest BCUT2D eigenvalue weighted by Crippen LogP contribution is 2.22. The van der Waals surface area contributed by atoms with Gasteiger partial charge >= 0.3 is 5.97 Å². The second-order valence-corrected chi connectivity index (χ2v) is 4.09. The molecule has 2 aromatic rings. The van der Waals surface area contributed by atoms with Crippen LogP contribution in [0.3, 0.4) is 0 Å². The molecular weight excluding hydrogens is 244 g/mol. The molecule has 0 unspecified atom stereocenters. The SMILES string of the molecule is Cc1cc(CN)cc(Oc2cccc(C(=O)O)c2)n1. The first-order valence-electron chi connectivity index (χ1n) is 5.77. The monoisotopic (exact) mass is 258 g/mol. The van der Waals surface area contributed by atoms with Crippen LogP contribution in [0.5, 0.6) is 11.6 Å². The van der Waals surface area contributed by atoms with Crippen molar-refractivity contribution in [2.45, 2.75) is 13.5 Å². The lowest BCUT2D eigenvalue weighted by Gasteiger charge is -2.08. The predicted octanol–water partition coefficient (Wildman–Crippen LogP) is 2.34. The van der Waals surface area contributed by atoms with Crippen LogP contribution in [0.15, 0.2) is 36.4 Å². The number of carbonyl (C=O) groups is 1. The Morgan fingerprint density at radius 1 is 1.37 bits per heavy atom. The van der Waals surface area contributed by atoms with Gasteiger partial charge in [-0.2, -0.15) is 0 Å². The van der Waals surface area contributed by atoms with Crippen LogP contribution in [-0.4, -0.2) is 16.1 Å². The quantitative estimate of drug-likeness (QED) is 0.879. The van der Waals surface area contributed by atoms with E-state index < -0.39 is 5.97 Å². The molecule has 98 valence electrons. The predicted molar refractivity (Wildman–Crippen MR) is 70.3 cm³/mol. The van der Waals surface area contributed by atoms with Crippen LogP contribution < -0.4 is 10.5 Å². The molecule has 1 aromatic heterocycles. The molecule has 0 spiro atoms. The number of carboxylic acids is 1. The summed E-state index contributed by atoms with van der Waals surface area (Å²) in [5.74, 6) is -0.158. The van der Waals surface area contributed by atoms with Gasteiger partial charge in [0.25, 0.3) is 0 Å². The van der Waals surface area contributed by atoms with Crippen LogP contribution in [0.25, 0.3) is 0 Å². The van der Waals surface area contributed by atoms with Gasteiger partial charge in [0, 0.05) is 18.3 Å². The van der Waals surface area contributed by atoms with Gasteiger partial charge in [-0.3, -0.25) is 0 Å². The van der Waals surface area contributed by atoms with Gasteiger partial charge in [-0.15, -0.1) is 0 Å². The van der Waals surface area contributed by atoms with E-state index >= 15 is 0 Å². The van der Waals surface area contributed by atoms with Crippen LogP contribution in [0.4, 0.5) is 0 Å². The van der Waals surface area contributed by atoms with E-state index in [1.165, 1.54) is 12.1 Å². The highest BCUT2D eigenvalue weighted by Gasteiger charge is 2.06. The molecule has 0 aliphatic carbocycles. The Balaban J connectivity index is 2.28. The number of rotatable bonds is 4. The Labute approximate surface area is 110 Å². The van der Waals surface area contributed by atoms with Gasteiger partial charge in [-0.1, -0.05) is 6.07 Å². The van der Waals surface area contributed by atoms with E-state index in [9.17, 15) is 4.79 Å². The maximum atomic E-state index is 10.9. The highest BCUT2D eigenvalue weighted by atomic mass is 16.5. The summed E-state index contributed by atoms with van der Waals surface area (Å²) >= 11 is 0. The summed E-state index contributed by atoms with van der Waals surface area (Å²) in [6, 6.07) is 9.87. The summed E-state index contributed by atoms with van der Waals surface area (Å²) in [6.07, 6.45) is 0. The first-order chi connectivity index (χ1) is 9.08. The maximum absolute atomic E-state index is 10.9. The average Bonchev–Trinajstić information content (AvgIpc) is 2.38. The normalized spacial score (nSPS) is 10.2. The lowest BCUT2D eigenvalue weighted by atomic mass is 10.2. The minimum atomic E-state index is -0.995. The Morgan fingerprint density at radius 3 is 2.84 bits per heavy atom. The van der Waals surface area contributed by atoms with Crippen LogP contribution >= 0.6 is 0 Å². The molecule has 5 heteroatoms. The van der Waals surface area contributed by atoms with Gasteiger partial charge in [-0.25, -0.2) is 9.78 Å². The standard InChI is InChI=1S/C14H14N2O3/c1-9-5-10(8-15)6-13(16-9)19-12-4-2-3-11(7-12)14(17)18/h2-7H,8,15H2,1H3,(H,17,18). The molecule has 19 heavy (non-hydrogen) atoms. The van der Waals surface area contributed by atoms with Crippen LogP contribution in [-0.2, 0) is 6.54 Å². The van der Waals surface area contributed by atoms with Crippen molar-refractivity contribution in [1.29, 1.82) is 0 Å². The Morgan fingerprint density at radius 2 is 2.16 bits per heavy atom. The number of carboxylic acid groups (broad SMARTS) is 1. The highest BCUT2D eigenvalue weighted by molar-refractivity contribution is 5.88. The number of aromatic nitrogens is 1. The van der Waals surface area contributed by atoms with E-state index in [1.54, 1.807) is 18.2 Å². The molecule has 0 saturated heterocycles. The van der Waals surface area contributed by atoms with E-state index in [1.807, 2.05) is 13.0 Å². The molecule has 0 saturated carbocycles. The topological polar surface area (TPSA) is 85.4 Å². The summed E-state index contributed by atoms with van der Waals surface area (Å²) in [7, 11) is 0. The first-order valence-corrected chi connectivity index (χ1v) is 5.77. The molecule has 0 fully saturated rings. The fraction of sp³-hybridized carbons (Fsp3) is 0.143. The lowest BCUT2D eigenvalue weighted by Crippen LogP contribution is -2.00. The van der Waals surface area contributed by atoms with E-state index in [0.717, 1.165) is 11.3 Å². The van der Waals surface area contributed by atoms with Crippen molar-refractivity contribution >= 4 is 5.97 Å². The van der Waals surface area contributed by atoms with Crippen molar-refractivity contribution in [3.63, 3.8) is 0 Å². The lowest BCUT2D eigenvalue weighted by molar-refractivity contribution is 0.0696. The molecule has 0 amide bonds. The van der Waals surface area contributed by atoms with Crippen molar-refractivity contribution in [1.82, 2.24) is 4.98 Å². The molecule has 2 rings (SSSR count). The molecule has 5 nitrogen and oxygen atoms in total. The van der Waals surface area contributed by atoms with Crippen LogP contribution in [0.2, 0.25) is 0 Å².